The van der Waals surface area contributed by atoms with E-state index in [1.54, 1.807) is 97.6 Å². The molecule has 0 aliphatic heterocycles. The Labute approximate surface area is 481 Å². The summed E-state index contributed by atoms with van der Waals surface area (Å²) in [6, 6.07) is 59.5. The molecule has 0 aliphatic rings. The van der Waals surface area contributed by atoms with Crippen molar-refractivity contribution in [2.75, 3.05) is 15.5 Å². The maximum Gasteiger partial charge on any atom is 0.143 e. The minimum absolute atomic E-state index is 0.00823. The Balaban J connectivity index is 0.849. The summed E-state index contributed by atoms with van der Waals surface area (Å²) in [5.41, 5.74) is 13.4. The molecule has 4 aromatic heterocycles. The van der Waals surface area contributed by atoms with Gasteiger partial charge in [0, 0.05) is 46.6 Å². The predicted octanol–water partition coefficient (Wildman–Crippen LogP) is 16.6. The summed E-state index contributed by atoms with van der Waals surface area (Å²) in [6.07, 6.45) is 6.99. The van der Waals surface area contributed by atoms with Gasteiger partial charge < -0.3 is 40.7 Å². The lowest BCUT2D eigenvalue weighted by Gasteiger charge is -2.25. The maximum absolute atomic E-state index is 11.4. The van der Waals surface area contributed by atoms with Gasteiger partial charge in [-0.05, 0) is 162 Å². The van der Waals surface area contributed by atoms with Crippen molar-refractivity contribution in [1.82, 2.24) is 19.9 Å². The van der Waals surface area contributed by atoms with Crippen LogP contribution in [0.25, 0.3) is 32.3 Å². The molecule has 0 radical (unpaired) electrons. The van der Waals surface area contributed by atoms with Crippen LogP contribution < -0.4 is 20.3 Å². The van der Waals surface area contributed by atoms with Crippen LogP contribution >= 0.6 is 0 Å². The van der Waals surface area contributed by atoms with Crippen molar-refractivity contribution in [3.8, 4) is 34.5 Å². The zero-order valence-electron chi connectivity index (χ0n) is 44.8. The van der Waals surface area contributed by atoms with E-state index in [0.717, 1.165) is 44.6 Å². The highest BCUT2D eigenvalue weighted by molar-refractivity contribution is 5.98. The van der Waals surface area contributed by atoms with Gasteiger partial charge >= 0.3 is 0 Å². The molecule has 0 aliphatic carbocycles. The molecule has 6 N–H and O–H groups in total. The van der Waals surface area contributed by atoms with Crippen LogP contribution in [0.4, 0.5) is 51.2 Å². The second kappa shape index (κ2) is 24.0. The van der Waals surface area contributed by atoms with E-state index in [4.69, 9.17) is 20.7 Å². The number of anilines is 3. The number of phenols is 4. The third-order valence-electron chi connectivity index (χ3n) is 13.8. The zero-order chi connectivity index (χ0) is 57.4. The lowest BCUT2D eigenvalue weighted by atomic mass is 10.1. The first kappa shape index (κ1) is 53.0. The van der Waals surface area contributed by atoms with E-state index < -0.39 is 0 Å². The molecule has 0 atom stereocenters. The number of aromatic nitrogens is 4. The average Bonchev–Trinajstić information content (AvgIpc) is 3.51. The molecule has 8 aromatic carbocycles. The van der Waals surface area contributed by atoms with Gasteiger partial charge in [-0.25, -0.2) is 0 Å². The fourth-order valence-electron chi connectivity index (χ4n) is 9.74. The van der Waals surface area contributed by atoms with Crippen molar-refractivity contribution in [2.45, 2.75) is 26.2 Å². The Morgan fingerprint density at radius 3 is 1.35 bits per heavy atom. The van der Waals surface area contributed by atoms with Gasteiger partial charge in [0.25, 0.3) is 0 Å². The summed E-state index contributed by atoms with van der Waals surface area (Å²) in [7, 11) is 0. The quantitative estimate of drug-likeness (QED) is 0.0398. The summed E-state index contributed by atoms with van der Waals surface area (Å²) < 4.78 is 6.48. The fraction of sp³-hybridized carbons (Fsp3) is 0.0606. The van der Waals surface area contributed by atoms with Crippen molar-refractivity contribution >= 4 is 83.5 Å². The largest absolute Gasteiger partial charge is 0.508 e. The molecule has 18 nitrogen and oxygen atoms in total. The van der Waals surface area contributed by atoms with E-state index in [1.807, 2.05) is 115 Å². The summed E-state index contributed by atoms with van der Waals surface area (Å²) in [6.45, 7) is 1.68. The number of aromatic hydroxyl groups is 4. The lowest BCUT2D eigenvalue weighted by Crippen LogP contribution is -2.23. The van der Waals surface area contributed by atoms with Gasteiger partial charge in [0.2, 0.25) is 0 Å². The van der Waals surface area contributed by atoms with Crippen LogP contribution in [-0.4, -0.2) is 40.4 Å². The topological polar surface area (TPSA) is 248 Å². The molecule has 0 spiro atoms. The molecule has 0 amide bonds. The Bertz CT molecular complexity index is 4360. The van der Waals surface area contributed by atoms with Crippen LogP contribution in [-0.2, 0) is 26.2 Å². The van der Waals surface area contributed by atoms with Gasteiger partial charge in [0.15, 0.2) is 0 Å². The standard InChI is InChI=1S/C66H51N13O5/c67-45-18-24-59(78(38-47-9-1-5-29-68-47)39-48-10-2-6-30-69-48)57(34-45)73-76-64-54-23-22-52(33-44(54)17-28-61(64)81)84-53-21-14-43-16-27-63(83)66(56(43)37-53)75-72-46-19-25-60(79(40-49-11-3-7-31-70-49)41-50-12-4-8-32-71-50)58(35-46)74-77-65-55-36-51(80)20-13-42(55)15-26-62(65)82/h1-37,80-83H,38-41,67H2. The Hall–Kier alpha value is -11.7. The van der Waals surface area contributed by atoms with Gasteiger partial charge in [0.1, 0.15) is 62.9 Å². The number of azo groups is 3. The molecule has 84 heavy (non-hydrogen) atoms. The zero-order valence-corrected chi connectivity index (χ0v) is 44.8. The second-order valence-corrected chi connectivity index (χ2v) is 19.6. The van der Waals surface area contributed by atoms with Gasteiger partial charge in [-0.3, -0.25) is 19.9 Å². The first-order valence-corrected chi connectivity index (χ1v) is 26.7. The van der Waals surface area contributed by atoms with Crippen molar-refractivity contribution in [1.29, 1.82) is 0 Å². The molecule has 4 heterocycles. The summed E-state index contributed by atoms with van der Waals surface area (Å²) in [5.74, 6) is 0.650. The summed E-state index contributed by atoms with van der Waals surface area (Å²) >= 11 is 0. The number of nitrogens with zero attached hydrogens (tertiary/aromatic N) is 12. The van der Waals surface area contributed by atoms with E-state index in [0.29, 0.717) is 82.3 Å². The van der Waals surface area contributed by atoms with Gasteiger partial charge in [-0.2, -0.15) is 5.11 Å². The molecule has 12 aromatic rings. The lowest BCUT2D eigenvalue weighted by molar-refractivity contribution is 0.474. The number of ether oxygens (including phenoxy) is 1. The predicted molar refractivity (Wildman–Crippen MR) is 325 cm³/mol. The van der Waals surface area contributed by atoms with Crippen LogP contribution in [0.1, 0.15) is 22.8 Å². The minimum Gasteiger partial charge on any atom is -0.508 e. The van der Waals surface area contributed by atoms with E-state index in [2.05, 4.69) is 50.2 Å². The summed E-state index contributed by atoms with van der Waals surface area (Å²) in [4.78, 5) is 22.5. The number of nitrogens with two attached hydrogens (primary N) is 1. The molecule has 0 bridgehead atoms. The number of rotatable bonds is 18. The van der Waals surface area contributed by atoms with Gasteiger partial charge in [-0.1, -0.05) is 54.6 Å². The molecule has 0 saturated heterocycles. The molecule has 0 saturated carbocycles. The van der Waals surface area contributed by atoms with E-state index in [-0.39, 0.29) is 40.1 Å². The number of nitrogen functional groups attached to an aromatic ring is 1. The number of fused-ring (bicyclic) bond motifs is 3. The molecule has 0 unspecified atom stereocenters. The van der Waals surface area contributed by atoms with Crippen LogP contribution in [0.2, 0.25) is 0 Å². The molecule has 18 heteroatoms. The third-order valence-corrected chi connectivity index (χ3v) is 13.8. The average molecular weight is 1110 g/mol. The van der Waals surface area contributed by atoms with Crippen molar-refractivity contribution in [3.05, 3.63) is 248 Å². The van der Waals surface area contributed by atoms with E-state index in [1.165, 1.54) is 12.1 Å². The van der Waals surface area contributed by atoms with Crippen LogP contribution in [0.15, 0.2) is 256 Å². The highest BCUT2D eigenvalue weighted by Crippen LogP contribution is 2.44. The van der Waals surface area contributed by atoms with Crippen LogP contribution in [0.3, 0.4) is 0 Å². The maximum atomic E-state index is 11.4. The first-order valence-electron chi connectivity index (χ1n) is 26.7. The second-order valence-electron chi connectivity index (χ2n) is 19.6. The van der Waals surface area contributed by atoms with Gasteiger partial charge in [-0.15, -0.1) is 25.6 Å². The fourth-order valence-corrected chi connectivity index (χ4v) is 9.74. The monoisotopic (exact) mass is 1110 g/mol. The van der Waals surface area contributed by atoms with Crippen LogP contribution in [0, 0.1) is 0 Å². The smallest absolute Gasteiger partial charge is 0.143 e. The number of pyridine rings is 4. The molecular formula is C66H51N13O5. The van der Waals surface area contributed by atoms with E-state index in [9.17, 15) is 20.4 Å². The number of phenolic OH excluding ortho intramolecular Hbond substituents is 4. The van der Waals surface area contributed by atoms with E-state index >= 15 is 0 Å². The van der Waals surface area contributed by atoms with Crippen molar-refractivity contribution in [3.63, 3.8) is 0 Å². The number of hydrogen-bond acceptors (Lipinski definition) is 18. The van der Waals surface area contributed by atoms with Crippen molar-refractivity contribution in [2.24, 2.45) is 30.7 Å². The molecule has 0 fully saturated rings. The highest BCUT2D eigenvalue weighted by Gasteiger charge is 2.19. The van der Waals surface area contributed by atoms with Crippen LogP contribution in [0.5, 0.6) is 34.5 Å². The summed E-state index contributed by atoms with van der Waals surface area (Å²) in [5, 5.41) is 76.0. The molecule has 12 rings (SSSR count). The normalized spacial score (nSPS) is 11.6. The molecule has 410 valence electrons. The van der Waals surface area contributed by atoms with Gasteiger partial charge in [0.05, 0.1) is 66.0 Å². The highest BCUT2D eigenvalue weighted by atomic mass is 16.5. The Kier molecular flexibility index (Phi) is 15.1. The third kappa shape index (κ3) is 12.1. The Morgan fingerprint density at radius 2 is 0.810 bits per heavy atom. The Morgan fingerprint density at radius 1 is 0.369 bits per heavy atom. The molecular weight excluding hydrogens is 1050 g/mol. The first-order chi connectivity index (χ1) is 41.1. The number of benzene rings is 8. The van der Waals surface area contributed by atoms with Crippen molar-refractivity contribution < 1.29 is 25.2 Å². The SMILES string of the molecule is Nc1ccc(N(Cc2ccccn2)Cc2ccccn2)c(N=Nc2c(O)ccc3cc(Oc4ccc5ccc(O)c(N=Nc6ccc(N(Cc7ccccn7)Cc7ccccn7)c(N=Nc7c(O)ccc8ccc(O)cc78)c6)c5c4)ccc23)c1. The minimum atomic E-state index is -0.126. The number of hydrogen-bond donors (Lipinski definition) is 5.